The molecule has 0 unspecified atom stereocenters. The van der Waals surface area contributed by atoms with Crippen LogP contribution in [-0.4, -0.2) is 43.7 Å². The third-order valence-corrected chi connectivity index (χ3v) is 5.72. The minimum atomic E-state index is 0. The van der Waals surface area contributed by atoms with Crippen molar-refractivity contribution in [3.63, 3.8) is 0 Å². The van der Waals surface area contributed by atoms with E-state index in [1.165, 1.54) is 16.0 Å². The van der Waals surface area contributed by atoms with E-state index in [0.29, 0.717) is 6.54 Å². The van der Waals surface area contributed by atoms with Gasteiger partial charge in [0.1, 0.15) is 5.01 Å². The first-order valence-corrected chi connectivity index (χ1v) is 9.63. The Kier molecular flexibility index (Phi) is 8.15. The molecule has 8 heteroatoms. The summed E-state index contributed by atoms with van der Waals surface area (Å²) in [5.41, 5.74) is 2.56. The third-order valence-electron chi connectivity index (χ3n) is 4.58. The van der Waals surface area contributed by atoms with Crippen molar-refractivity contribution in [1.29, 1.82) is 0 Å². The summed E-state index contributed by atoms with van der Waals surface area (Å²) in [5.74, 6) is 2.46. The summed E-state index contributed by atoms with van der Waals surface area (Å²) >= 11 is 1.75. The summed E-state index contributed by atoms with van der Waals surface area (Å²) in [4.78, 5) is 12.5. The number of rotatable bonds is 5. The Morgan fingerprint density at radius 2 is 1.96 bits per heavy atom. The lowest BCUT2D eigenvalue weighted by atomic mass is 9.99. The first-order chi connectivity index (χ1) is 12.7. The molecule has 3 rings (SSSR count). The standard InChI is InChI=1S/C19H26N4O2S.HI/c1-5-15-10-21-18(26-15)11-22-19(20-2)23-7-6-13-8-16(24-3)17(25-4)9-14(13)12-23;/h8-10H,5-7,11-12H2,1-4H3,(H,20,22);1H. The van der Waals surface area contributed by atoms with E-state index in [2.05, 4.69) is 39.2 Å². The van der Waals surface area contributed by atoms with Gasteiger partial charge in [0.05, 0.1) is 20.8 Å². The highest BCUT2D eigenvalue weighted by atomic mass is 127. The molecule has 0 atom stereocenters. The summed E-state index contributed by atoms with van der Waals surface area (Å²) in [6.45, 7) is 4.57. The van der Waals surface area contributed by atoms with Crippen molar-refractivity contribution in [3.8, 4) is 11.5 Å². The van der Waals surface area contributed by atoms with Crippen LogP contribution in [0.5, 0.6) is 11.5 Å². The van der Waals surface area contributed by atoms with Crippen LogP contribution in [0, 0.1) is 0 Å². The van der Waals surface area contributed by atoms with Crippen LogP contribution in [0.4, 0.5) is 0 Å². The van der Waals surface area contributed by atoms with Crippen LogP contribution in [0.3, 0.4) is 0 Å². The van der Waals surface area contributed by atoms with Crippen molar-refractivity contribution < 1.29 is 9.47 Å². The average Bonchev–Trinajstić information content (AvgIpc) is 3.15. The number of ether oxygens (including phenoxy) is 2. The minimum absolute atomic E-state index is 0. The molecule has 27 heavy (non-hydrogen) atoms. The molecule has 1 aliphatic heterocycles. The SMILES string of the molecule is CCc1cnc(CNC(=NC)N2CCc3cc(OC)c(OC)cc3C2)s1.I. The van der Waals surface area contributed by atoms with E-state index in [0.717, 1.165) is 48.4 Å². The number of halogens is 1. The summed E-state index contributed by atoms with van der Waals surface area (Å²) in [6.07, 6.45) is 3.94. The Balaban J connectivity index is 0.00000261. The topological polar surface area (TPSA) is 59.0 Å². The molecule has 6 nitrogen and oxygen atoms in total. The van der Waals surface area contributed by atoms with Gasteiger partial charge in [-0.3, -0.25) is 4.99 Å². The first kappa shape index (κ1) is 21.7. The zero-order valence-corrected chi connectivity index (χ0v) is 19.4. The van der Waals surface area contributed by atoms with Crippen molar-refractivity contribution in [2.24, 2.45) is 4.99 Å². The molecule has 0 amide bonds. The molecule has 2 aromatic rings. The summed E-state index contributed by atoms with van der Waals surface area (Å²) in [5, 5.41) is 4.53. The van der Waals surface area contributed by atoms with Crippen LogP contribution in [0.2, 0.25) is 0 Å². The number of guanidine groups is 1. The Morgan fingerprint density at radius 1 is 1.26 bits per heavy atom. The first-order valence-electron chi connectivity index (χ1n) is 8.81. The summed E-state index contributed by atoms with van der Waals surface area (Å²) in [6, 6.07) is 4.16. The maximum atomic E-state index is 5.45. The van der Waals surface area contributed by atoms with E-state index >= 15 is 0 Å². The minimum Gasteiger partial charge on any atom is -0.493 e. The number of nitrogens with zero attached hydrogens (tertiary/aromatic N) is 3. The van der Waals surface area contributed by atoms with E-state index in [1.807, 2.05) is 13.2 Å². The molecule has 1 aromatic carbocycles. The second-order valence-electron chi connectivity index (χ2n) is 6.12. The Hall–Kier alpha value is -1.55. The number of aromatic nitrogens is 1. The summed E-state index contributed by atoms with van der Waals surface area (Å²) < 4.78 is 10.9. The molecule has 0 aliphatic carbocycles. The van der Waals surface area contributed by atoms with Gasteiger partial charge in [-0.1, -0.05) is 6.92 Å². The van der Waals surface area contributed by atoms with Gasteiger partial charge in [0.2, 0.25) is 0 Å². The average molecular weight is 502 g/mol. The fourth-order valence-corrected chi connectivity index (χ4v) is 3.95. The smallest absolute Gasteiger partial charge is 0.194 e. The number of hydrogen-bond donors (Lipinski definition) is 1. The monoisotopic (exact) mass is 502 g/mol. The van der Waals surface area contributed by atoms with Crippen LogP contribution in [-0.2, 0) is 25.9 Å². The third kappa shape index (κ3) is 5.04. The molecule has 2 heterocycles. The van der Waals surface area contributed by atoms with Crippen molar-refractivity contribution in [3.05, 3.63) is 39.3 Å². The number of fused-ring (bicyclic) bond motifs is 1. The fraction of sp³-hybridized carbons (Fsp3) is 0.474. The van der Waals surface area contributed by atoms with Crippen LogP contribution in [0.15, 0.2) is 23.3 Å². The largest absolute Gasteiger partial charge is 0.493 e. The quantitative estimate of drug-likeness (QED) is 0.386. The molecule has 0 radical (unpaired) electrons. The number of hydrogen-bond acceptors (Lipinski definition) is 5. The zero-order chi connectivity index (χ0) is 18.5. The molecule has 1 aromatic heterocycles. The molecular weight excluding hydrogens is 475 g/mol. The Morgan fingerprint density at radius 3 is 2.56 bits per heavy atom. The number of thiazole rings is 1. The van der Waals surface area contributed by atoms with Gasteiger partial charge in [0, 0.05) is 31.2 Å². The Labute approximate surface area is 182 Å². The highest BCUT2D eigenvalue weighted by Crippen LogP contribution is 2.33. The normalized spacial score (nSPS) is 13.6. The fourth-order valence-electron chi connectivity index (χ4n) is 3.14. The van der Waals surface area contributed by atoms with Gasteiger partial charge in [-0.25, -0.2) is 4.98 Å². The van der Waals surface area contributed by atoms with Gasteiger partial charge in [-0.05, 0) is 36.1 Å². The van der Waals surface area contributed by atoms with E-state index < -0.39 is 0 Å². The van der Waals surface area contributed by atoms with Crippen molar-refractivity contribution in [2.75, 3.05) is 27.8 Å². The van der Waals surface area contributed by atoms with Gasteiger partial charge < -0.3 is 19.7 Å². The molecule has 1 N–H and O–H groups in total. The summed E-state index contributed by atoms with van der Waals surface area (Å²) in [7, 11) is 5.17. The molecule has 1 aliphatic rings. The van der Waals surface area contributed by atoms with E-state index in [-0.39, 0.29) is 24.0 Å². The van der Waals surface area contributed by atoms with Crippen LogP contribution < -0.4 is 14.8 Å². The van der Waals surface area contributed by atoms with Gasteiger partial charge in [0.15, 0.2) is 17.5 Å². The molecule has 0 saturated heterocycles. The predicted octanol–water partition coefficient (Wildman–Crippen LogP) is 3.47. The highest BCUT2D eigenvalue weighted by molar-refractivity contribution is 14.0. The van der Waals surface area contributed by atoms with Crippen LogP contribution in [0.1, 0.15) is 27.9 Å². The maximum absolute atomic E-state index is 5.45. The van der Waals surface area contributed by atoms with Gasteiger partial charge in [-0.15, -0.1) is 35.3 Å². The number of aliphatic imine (C=N–C) groups is 1. The zero-order valence-electron chi connectivity index (χ0n) is 16.2. The molecule has 0 saturated carbocycles. The van der Waals surface area contributed by atoms with Gasteiger partial charge in [0.25, 0.3) is 0 Å². The lowest BCUT2D eigenvalue weighted by Gasteiger charge is -2.32. The van der Waals surface area contributed by atoms with E-state index in [1.54, 1.807) is 25.6 Å². The molecule has 148 valence electrons. The maximum Gasteiger partial charge on any atom is 0.194 e. The second kappa shape index (κ2) is 10.1. The molecule has 0 spiro atoms. The van der Waals surface area contributed by atoms with Gasteiger partial charge >= 0.3 is 0 Å². The molecule has 0 fully saturated rings. The molecular formula is C19H27IN4O2S. The lowest BCUT2D eigenvalue weighted by Crippen LogP contribution is -2.43. The van der Waals surface area contributed by atoms with E-state index in [9.17, 15) is 0 Å². The number of benzene rings is 1. The number of methoxy groups -OCH3 is 2. The van der Waals surface area contributed by atoms with Crippen LogP contribution >= 0.6 is 35.3 Å². The second-order valence-corrected chi connectivity index (χ2v) is 7.32. The van der Waals surface area contributed by atoms with Crippen molar-refractivity contribution in [2.45, 2.75) is 32.9 Å². The predicted molar refractivity (Wildman–Crippen MR) is 121 cm³/mol. The number of nitrogens with one attached hydrogen (secondary N) is 1. The molecule has 0 bridgehead atoms. The Bertz CT molecular complexity index is 794. The number of aryl methyl sites for hydroxylation is 1. The van der Waals surface area contributed by atoms with Crippen molar-refractivity contribution >= 4 is 41.3 Å². The highest BCUT2D eigenvalue weighted by Gasteiger charge is 2.21. The van der Waals surface area contributed by atoms with Crippen LogP contribution in [0.25, 0.3) is 0 Å². The van der Waals surface area contributed by atoms with E-state index in [4.69, 9.17) is 9.47 Å². The lowest BCUT2D eigenvalue weighted by molar-refractivity contribution is 0.346. The van der Waals surface area contributed by atoms with Gasteiger partial charge in [-0.2, -0.15) is 0 Å². The van der Waals surface area contributed by atoms with Crippen molar-refractivity contribution in [1.82, 2.24) is 15.2 Å².